The molecule has 0 bridgehead atoms. The molecule has 9 heteroatoms. The van der Waals surface area contributed by atoms with E-state index in [0.29, 0.717) is 12.1 Å². The topological polar surface area (TPSA) is 55.2 Å². The van der Waals surface area contributed by atoms with Crippen molar-refractivity contribution in [3.8, 4) is 0 Å². The van der Waals surface area contributed by atoms with Gasteiger partial charge in [-0.05, 0) is 6.07 Å². The summed E-state index contributed by atoms with van der Waals surface area (Å²) in [4.78, 5) is 9.43. The average Bonchev–Trinajstić information content (AvgIpc) is 2.25. The molecule has 0 unspecified atom stereocenters. The normalized spacial score (nSPS) is 11.7. The van der Waals surface area contributed by atoms with Crippen molar-refractivity contribution in [3.05, 3.63) is 34.1 Å². The Labute approximate surface area is 97.6 Å². The van der Waals surface area contributed by atoms with E-state index in [1.54, 1.807) is 0 Å². The molecule has 0 atom stereocenters. The van der Waals surface area contributed by atoms with Gasteiger partial charge in [-0.25, -0.2) is 13.2 Å². The summed E-state index contributed by atoms with van der Waals surface area (Å²) in [5.74, 6) is -5.34. The Bertz CT molecular complexity index is 453. The lowest BCUT2D eigenvalue weighted by molar-refractivity contribution is -0.385. The van der Waals surface area contributed by atoms with E-state index >= 15 is 0 Å². The van der Waals surface area contributed by atoms with Crippen molar-refractivity contribution >= 4 is 11.4 Å². The molecular weight excluding hydrogens is 263 g/mol. The first-order chi connectivity index (χ1) is 8.22. The summed E-state index contributed by atoms with van der Waals surface area (Å²) in [6.07, 6.45) is -3.88. The summed E-state index contributed by atoms with van der Waals surface area (Å²) in [5.41, 5.74) is -1.04. The molecule has 0 radical (unpaired) electrons. The average molecular weight is 270 g/mol. The SMILES string of the molecule is O=[N+]([O-])c1cc(F)cc(NCC(F)(F)C(F)F)c1. The first kappa shape index (κ1) is 14.1. The molecule has 0 aliphatic heterocycles. The number of nitro groups is 1. The molecule has 100 valence electrons. The van der Waals surface area contributed by atoms with Crippen LogP contribution in [0.15, 0.2) is 18.2 Å². The third-order valence-electron chi connectivity index (χ3n) is 1.94. The molecule has 18 heavy (non-hydrogen) atoms. The van der Waals surface area contributed by atoms with E-state index in [2.05, 4.69) is 0 Å². The van der Waals surface area contributed by atoms with Gasteiger partial charge in [0.25, 0.3) is 5.69 Å². The molecule has 1 aromatic rings. The van der Waals surface area contributed by atoms with Crippen LogP contribution in [0.5, 0.6) is 0 Å². The summed E-state index contributed by atoms with van der Waals surface area (Å²) in [7, 11) is 0. The Morgan fingerprint density at radius 2 is 1.94 bits per heavy atom. The van der Waals surface area contributed by atoms with Crippen LogP contribution in [0, 0.1) is 15.9 Å². The van der Waals surface area contributed by atoms with Crippen LogP contribution in [0.3, 0.4) is 0 Å². The Hall–Kier alpha value is -1.93. The second kappa shape index (κ2) is 5.15. The molecule has 0 fully saturated rings. The van der Waals surface area contributed by atoms with Crippen LogP contribution in [-0.2, 0) is 0 Å². The van der Waals surface area contributed by atoms with Crippen molar-refractivity contribution < 1.29 is 26.9 Å². The molecule has 0 saturated carbocycles. The Kier molecular flexibility index (Phi) is 4.04. The molecule has 0 aliphatic carbocycles. The molecule has 4 nitrogen and oxygen atoms in total. The van der Waals surface area contributed by atoms with E-state index < -0.39 is 35.3 Å². The zero-order valence-corrected chi connectivity index (χ0v) is 8.67. The van der Waals surface area contributed by atoms with Crippen LogP contribution in [0.4, 0.5) is 33.3 Å². The maximum Gasteiger partial charge on any atom is 0.324 e. The quantitative estimate of drug-likeness (QED) is 0.508. The standard InChI is InChI=1S/C9H7F5N2O2/c10-5-1-6(3-7(2-5)16(17)18)15-4-9(13,14)8(11)12/h1-3,8,15H,4H2. The third-order valence-corrected chi connectivity index (χ3v) is 1.94. The smallest absolute Gasteiger partial charge is 0.324 e. The molecule has 1 N–H and O–H groups in total. The summed E-state index contributed by atoms with van der Waals surface area (Å²) in [5, 5.41) is 12.2. The zero-order valence-electron chi connectivity index (χ0n) is 8.67. The highest BCUT2D eigenvalue weighted by Crippen LogP contribution is 2.25. The molecule has 0 spiro atoms. The second-order valence-electron chi connectivity index (χ2n) is 3.37. The lowest BCUT2D eigenvalue weighted by Gasteiger charge is -2.16. The van der Waals surface area contributed by atoms with Gasteiger partial charge in [-0.15, -0.1) is 0 Å². The van der Waals surface area contributed by atoms with Gasteiger partial charge in [0.1, 0.15) is 5.82 Å². The van der Waals surface area contributed by atoms with Crippen molar-refractivity contribution in [1.29, 1.82) is 0 Å². The van der Waals surface area contributed by atoms with Crippen LogP contribution in [-0.4, -0.2) is 23.8 Å². The second-order valence-corrected chi connectivity index (χ2v) is 3.37. The van der Waals surface area contributed by atoms with Gasteiger partial charge in [0.2, 0.25) is 0 Å². The highest BCUT2D eigenvalue weighted by atomic mass is 19.3. The predicted octanol–water partition coefficient (Wildman–Crippen LogP) is 3.05. The largest absolute Gasteiger partial charge is 0.378 e. The Morgan fingerprint density at radius 3 is 2.44 bits per heavy atom. The van der Waals surface area contributed by atoms with Crippen LogP contribution in [0.2, 0.25) is 0 Å². The van der Waals surface area contributed by atoms with Crippen molar-refractivity contribution in [3.63, 3.8) is 0 Å². The molecule has 1 aromatic carbocycles. The van der Waals surface area contributed by atoms with Crippen molar-refractivity contribution in [2.75, 3.05) is 11.9 Å². The number of nitro benzene ring substituents is 1. The van der Waals surface area contributed by atoms with Gasteiger partial charge in [0.05, 0.1) is 17.5 Å². The third kappa shape index (κ3) is 3.54. The summed E-state index contributed by atoms with van der Waals surface area (Å²) >= 11 is 0. The summed E-state index contributed by atoms with van der Waals surface area (Å²) in [6, 6.07) is 2.04. The lowest BCUT2D eigenvalue weighted by Crippen LogP contribution is -2.34. The van der Waals surface area contributed by atoms with Crippen molar-refractivity contribution in [2.45, 2.75) is 12.3 Å². The van der Waals surface area contributed by atoms with Crippen molar-refractivity contribution in [1.82, 2.24) is 0 Å². The minimum atomic E-state index is -4.30. The molecule has 1 rings (SSSR count). The van der Waals surface area contributed by atoms with Gasteiger partial charge in [-0.1, -0.05) is 0 Å². The van der Waals surface area contributed by atoms with E-state index in [1.165, 1.54) is 0 Å². The number of non-ortho nitro benzene ring substituents is 1. The number of anilines is 1. The van der Waals surface area contributed by atoms with Crippen LogP contribution in [0.25, 0.3) is 0 Å². The molecule has 0 aromatic heterocycles. The minimum Gasteiger partial charge on any atom is -0.378 e. The Morgan fingerprint density at radius 1 is 1.33 bits per heavy atom. The number of nitrogens with zero attached hydrogens (tertiary/aromatic N) is 1. The summed E-state index contributed by atoms with van der Waals surface area (Å²) < 4.78 is 61.6. The van der Waals surface area contributed by atoms with Crippen molar-refractivity contribution in [2.24, 2.45) is 0 Å². The number of rotatable bonds is 5. The first-order valence-electron chi connectivity index (χ1n) is 4.57. The monoisotopic (exact) mass is 270 g/mol. The van der Waals surface area contributed by atoms with Crippen LogP contribution in [0.1, 0.15) is 0 Å². The van der Waals surface area contributed by atoms with Gasteiger partial charge in [0.15, 0.2) is 0 Å². The Balaban J connectivity index is 2.83. The fourth-order valence-electron chi connectivity index (χ4n) is 1.08. The fraction of sp³-hybridized carbons (Fsp3) is 0.333. The van der Waals surface area contributed by atoms with E-state index in [1.807, 2.05) is 5.32 Å². The van der Waals surface area contributed by atoms with Gasteiger partial charge in [0, 0.05) is 11.8 Å². The summed E-state index contributed by atoms with van der Waals surface area (Å²) in [6.45, 7) is -1.45. The van der Waals surface area contributed by atoms with Crippen LogP contribution >= 0.6 is 0 Å². The highest BCUT2D eigenvalue weighted by Gasteiger charge is 2.40. The van der Waals surface area contributed by atoms with Gasteiger partial charge >= 0.3 is 12.3 Å². The lowest BCUT2D eigenvalue weighted by atomic mass is 10.2. The minimum absolute atomic E-state index is 0.373. The molecule has 0 heterocycles. The zero-order chi connectivity index (χ0) is 13.9. The van der Waals surface area contributed by atoms with Gasteiger partial charge in [-0.2, -0.15) is 8.78 Å². The number of hydrogen-bond donors (Lipinski definition) is 1. The molecular formula is C9H7F5N2O2. The number of alkyl halides is 4. The van der Waals surface area contributed by atoms with E-state index in [-0.39, 0.29) is 5.69 Å². The van der Waals surface area contributed by atoms with Gasteiger partial charge < -0.3 is 5.32 Å². The van der Waals surface area contributed by atoms with E-state index in [0.717, 1.165) is 6.07 Å². The first-order valence-corrected chi connectivity index (χ1v) is 4.57. The maximum absolute atomic E-state index is 12.9. The van der Waals surface area contributed by atoms with E-state index in [4.69, 9.17) is 0 Å². The fourth-order valence-corrected chi connectivity index (χ4v) is 1.08. The predicted molar refractivity (Wildman–Crippen MR) is 52.5 cm³/mol. The number of benzene rings is 1. The highest BCUT2D eigenvalue weighted by molar-refractivity contribution is 5.51. The van der Waals surface area contributed by atoms with Crippen LogP contribution < -0.4 is 5.32 Å². The molecule has 0 saturated heterocycles. The van der Waals surface area contributed by atoms with Gasteiger partial charge in [-0.3, -0.25) is 10.1 Å². The number of nitrogens with one attached hydrogen (secondary N) is 1. The molecule has 0 amide bonds. The number of hydrogen-bond acceptors (Lipinski definition) is 3. The number of halogens is 5. The molecule has 0 aliphatic rings. The maximum atomic E-state index is 12.9. The van der Waals surface area contributed by atoms with E-state index in [9.17, 15) is 32.1 Å².